The molecule has 8 nitrogen and oxygen atoms in total. The van der Waals surface area contributed by atoms with Gasteiger partial charge in [0.15, 0.2) is 23.3 Å². The first-order valence-corrected chi connectivity index (χ1v) is 10.5. The molecule has 0 radical (unpaired) electrons. The molecule has 0 spiro atoms. The van der Waals surface area contributed by atoms with Gasteiger partial charge in [-0.05, 0) is 29.8 Å². The van der Waals surface area contributed by atoms with Gasteiger partial charge >= 0.3 is 7.75 Å². The number of halogens is 4. The van der Waals surface area contributed by atoms with E-state index in [9.17, 15) is 22.1 Å². The first kappa shape index (κ1) is 23.6. The fourth-order valence-electron chi connectivity index (χ4n) is 2.45. The molecule has 0 fully saturated rings. The third-order valence-corrected chi connectivity index (χ3v) is 5.75. The predicted octanol–water partition coefficient (Wildman–Crippen LogP) is 6.72. The van der Waals surface area contributed by atoms with Gasteiger partial charge in [-0.2, -0.15) is 9.88 Å². The smallest absolute Gasteiger partial charge is 0.399 e. The molecule has 3 rings (SSSR count). The minimum atomic E-state index is -4.33. The molecular weight excluding hydrogens is 465 g/mol. The summed E-state index contributed by atoms with van der Waals surface area (Å²) in [6.07, 6.45) is 0.395. The largest absolute Gasteiger partial charge is 0.559 e. The molecule has 13 heteroatoms. The van der Waals surface area contributed by atoms with Crippen molar-refractivity contribution in [2.45, 2.75) is 0 Å². The van der Waals surface area contributed by atoms with Crippen molar-refractivity contribution in [1.82, 2.24) is 4.78 Å². The second-order valence-electron chi connectivity index (χ2n) is 6.22. The van der Waals surface area contributed by atoms with Crippen molar-refractivity contribution in [2.24, 2.45) is 10.2 Å². The van der Waals surface area contributed by atoms with Crippen LogP contribution in [0, 0.1) is 23.3 Å². The van der Waals surface area contributed by atoms with Crippen LogP contribution in [-0.2, 0) is 4.57 Å². The summed E-state index contributed by atoms with van der Waals surface area (Å²) < 4.78 is 81.6. The maximum Gasteiger partial charge on any atom is 0.559 e. The third kappa shape index (κ3) is 5.25. The van der Waals surface area contributed by atoms with Gasteiger partial charge in [0.2, 0.25) is 0 Å². The normalized spacial score (nSPS) is 11.2. The number of rotatable bonds is 8. The topological polar surface area (TPSA) is 99.9 Å². The molecule has 0 amide bonds. The molecule has 33 heavy (non-hydrogen) atoms. The lowest BCUT2D eigenvalue weighted by molar-refractivity contribution is 0.312. The maximum absolute atomic E-state index is 14.3. The van der Waals surface area contributed by atoms with Crippen LogP contribution in [0.4, 0.5) is 23.2 Å². The molecule has 0 saturated heterocycles. The Labute approximate surface area is 184 Å². The molecule has 0 atom stereocenters. The second kappa shape index (κ2) is 10.1. The van der Waals surface area contributed by atoms with Crippen LogP contribution in [0.25, 0.3) is 10.4 Å². The molecular formula is C20H14F4N5O3P. The van der Waals surface area contributed by atoms with E-state index in [4.69, 9.17) is 14.6 Å². The van der Waals surface area contributed by atoms with Crippen molar-refractivity contribution in [3.63, 3.8) is 0 Å². The molecule has 0 aliphatic rings. The van der Waals surface area contributed by atoms with E-state index >= 15 is 0 Å². The molecule has 0 aliphatic carbocycles. The Balaban J connectivity index is 1.99. The van der Waals surface area contributed by atoms with Crippen molar-refractivity contribution in [1.29, 1.82) is 0 Å². The summed E-state index contributed by atoms with van der Waals surface area (Å²) in [5, 5.41) is 6.22. The highest BCUT2D eigenvalue weighted by atomic mass is 31.2. The standard InChI is InChI=1S/C20H14F4N5O3P/c1-29(26-12-15-16(21)18(23)20(27-28-25)19(24)17(15)22)33(30,31-13-8-4-2-5-9-13)32-14-10-6-3-7-11-14/h2-12H,1H3/b26-12-. The highest BCUT2D eigenvalue weighted by molar-refractivity contribution is 7.52. The summed E-state index contributed by atoms with van der Waals surface area (Å²) in [4.78, 5) is 2.13. The number of azide groups is 1. The fraction of sp³-hybridized carbons (Fsp3) is 0.0500. The van der Waals surface area contributed by atoms with Crippen LogP contribution in [0.15, 0.2) is 70.9 Å². The van der Waals surface area contributed by atoms with Gasteiger partial charge in [-0.25, -0.2) is 22.1 Å². The van der Waals surface area contributed by atoms with Gasteiger partial charge < -0.3 is 9.05 Å². The van der Waals surface area contributed by atoms with Crippen LogP contribution < -0.4 is 9.05 Å². The zero-order valence-corrected chi connectivity index (χ0v) is 17.7. The average Bonchev–Trinajstić information content (AvgIpc) is 2.81. The van der Waals surface area contributed by atoms with E-state index in [0.29, 0.717) is 11.0 Å². The molecule has 0 N–H and O–H groups in total. The van der Waals surface area contributed by atoms with E-state index in [1.165, 1.54) is 24.3 Å². The van der Waals surface area contributed by atoms with E-state index in [0.717, 1.165) is 7.05 Å². The molecule has 170 valence electrons. The summed E-state index contributed by atoms with van der Waals surface area (Å²) in [6, 6.07) is 15.7. The van der Waals surface area contributed by atoms with E-state index in [1.807, 2.05) is 0 Å². The molecule has 0 aliphatic heterocycles. The molecule has 3 aromatic rings. The quantitative estimate of drug-likeness (QED) is 0.0523. The summed E-state index contributed by atoms with van der Waals surface area (Å²) in [5.74, 6) is -7.30. The third-order valence-electron chi connectivity index (χ3n) is 4.06. The van der Waals surface area contributed by atoms with Crippen molar-refractivity contribution in [3.8, 4) is 11.5 Å². The lowest BCUT2D eigenvalue weighted by Crippen LogP contribution is -2.17. The van der Waals surface area contributed by atoms with Crippen LogP contribution in [0.1, 0.15) is 5.56 Å². The van der Waals surface area contributed by atoms with E-state index < -0.39 is 42.3 Å². The van der Waals surface area contributed by atoms with Gasteiger partial charge in [0, 0.05) is 12.0 Å². The number of hydrogen-bond donors (Lipinski definition) is 0. The first-order valence-electron chi connectivity index (χ1n) is 9.05. The number of nitrogens with zero attached hydrogens (tertiary/aromatic N) is 5. The maximum atomic E-state index is 14.3. The van der Waals surface area contributed by atoms with Crippen LogP contribution >= 0.6 is 7.75 Å². The van der Waals surface area contributed by atoms with Gasteiger partial charge in [0.1, 0.15) is 17.2 Å². The summed E-state index contributed by atoms with van der Waals surface area (Å²) in [7, 11) is -3.22. The SMILES string of the molecule is CN(/N=C\c1c(F)c(F)c(N=[N+]=[N-])c(F)c1F)P(=O)(Oc1ccccc1)Oc1ccccc1. The lowest BCUT2D eigenvalue weighted by atomic mass is 10.1. The van der Waals surface area contributed by atoms with E-state index in [1.54, 1.807) is 36.4 Å². The highest BCUT2D eigenvalue weighted by Gasteiger charge is 2.35. The average molecular weight is 479 g/mol. The van der Waals surface area contributed by atoms with Gasteiger partial charge in [-0.3, -0.25) is 0 Å². The minimum Gasteiger partial charge on any atom is -0.399 e. The Bertz CT molecular complexity index is 1200. The Morgan fingerprint density at radius 2 is 1.33 bits per heavy atom. The number of hydrazone groups is 1. The first-order chi connectivity index (χ1) is 15.8. The molecule has 0 bridgehead atoms. The Kier molecular flexibility index (Phi) is 7.22. The Morgan fingerprint density at radius 3 is 1.76 bits per heavy atom. The summed E-state index contributed by atoms with van der Waals surface area (Å²) in [6.45, 7) is 0. The van der Waals surface area contributed by atoms with Gasteiger partial charge in [0.05, 0.1) is 11.8 Å². The zero-order chi connectivity index (χ0) is 24.0. The summed E-state index contributed by atoms with van der Waals surface area (Å²) >= 11 is 0. The molecule has 0 heterocycles. The lowest BCUT2D eigenvalue weighted by Gasteiger charge is -2.25. The highest BCUT2D eigenvalue weighted by Crippen LogP contribution is 2.51. The predicted molar refractivity (Wildman–Crippen MR) is 112 cm³/mol. The van der Waals surface area contributed by atoms with Gasteiger partial charge in [0.25, 0.3) is 0 Å². The van der Waals surface area contributed by atoms with Crippen molar-refractivity contribution in [2.75, 3.05) is 7.05 Å². The van der Waals surface area contributed by atoms with Gasteiger partial charge in [-0.1, -0.05) is 41.5 Å². The van der Waals surface area contributed by atoms with E-state index in [2.05, 4.69) is 15.1 Å². The molecule has 0 unspecified atom stereocenters. The number of benzene rings is 3. The van der Waals surface area contributed by atoms with Crippen LogP contribution in [-0.4, -0.2) is 18.0 Å². The van der Waals surface area contributed by atoms with Gasteiger partial charge in [-0.15, -0.1) is 0 Å². The van der Waals surface area contributed by atoms with E-state index in [-0.39, 0.29) is 11.5 Å². The van der Waals surface area contributed by atoms with Crippen LogP contribution in [0.5, 0.6) is 11.5 Å². The molecule has 3 aromatic carbocycles. The zero-order valence-electron chi connectivity index (χ0n) is 16.8. The molecule has 0 saturated carbocycles. The van der Waals surface area contributed by atoms with Crippen molar-refractivity contribution >= 4 is 19.6 Å². The molecule has 0 aromatic heterocycles. The number of para-hydroxylation sites is 2. The van der Waals surface area contributed by atoms with Crippen molar-refractivity contribution in [3.05, 3.63) is 99.9 Å². The second-order valence-corrected chi connectivity index (χ2v) is 8.10. The minimum absolute atomic E-state index is 0.131. The Hall–Kier alpha value is -4.01. The van der Waals surface area contributed by atoms with Crippen LogP contribution in [0.2, 0.25) is 0 Å². The monoisotopic (exact) mass is 479 g/mol. The Morgan fingerprint density at radius 1 is 0.879 bits per heavy atom. The number of hydrogen-bond acceptors (Lipinski definition) is 5. The van der Waals surface area contributed by atoms with Crippen molar-refractivity contribution < 1.29 is 31.2 Å². The fourth-order valence-corrected chi connectivity index (χ4v) is 3.68. The van der Waals surface area contributed by atoms with Crippen LogP contribution in [0.3, 0.4) is 0 Å². The summed E-state index contributed by atoms with van der Waals surface area (Å²) in [5.41, 5.74) is 5.61.